The van der Waals surface area contributed by atoms with Crippen molar-refractivity contribution in [1.29, 1.82) is 0 Å². The number of allylic oxidation sites excluding steroid dienone is 20. The number of hydrogen-bond donors (Lipinski definition) is 0. The molecule has 0 aliphatic rings. The van der Waals surface area contributed by atoms with Gasteiger partial charge in [0.05, 0.1) is 0 Å². The van der Waals surface area contributed by atoms with Gasteiger partial charge in [0.1, 0.15) is 13.2 Å². The first-order valence-corrected chi connectivity index (χ1v) is 34.0. The van der Waals surface area contributed by atoms with Gasteiger partial charge in [-0.2, -0.15) is 0 Å². The molecule has 0 aromatic rings. The summed E-state index contributed by atoms with van der Waals surface area (Å²) in [7, 11) is 0. The third-order valence-corrected chi connectivity index (χ3v) is 14.5. The molecule has 1 unspecified atom stereocenters. The molecule has 81 heavy (non-hydrogen) atoms. The average Bonchev–Trinajstić information content (AvgIpc) is 3.47. The van der Waals surface area contributed by atoms with Crippen molar-refractivity contribution in [2.24, 2.45) is 0 Å². The van der Waals surface area contributed by atoms with Crippen LogP contribution in [-0.4, -0.2) is 37.2 Å². The minimum absolute atomic E-state index is 0.0841. The molecular formula is C75H126O6. The van der Waals surface area contributed by atoms with Gasteiger partial charge in [-0.05, 0) is 109 Å². The molecule has 0 saturated carbocycles. The Morgan fingerprint density at radius 1 is 0.259 bits per heavy atom. The minimum atomic E-state index is -0.786. The highest BCUT2D eigenvalue weighted by Crippen LogP contribution is 2.16. The Kier molecular flexibility index (Phi) is 64.8. The Morgan fingerprint density at radius 2 is 0.494 bits per heavy atom. The Hall–Kier alpha value is -4.19. The van der Waals surface area contributed by atoms with Gasteiger partial charge in [-0.3, -0.25) is 14.4 Å². The Morgan fingerprint density at radius 3 is 0.802 bits per heavy atom. The summed E-state index contributed by atoms with van der Waals surface area (Å²) in [6, 6.07) is 0. The fourth-order valence-electron chi connectivity index (χ4n) is 9.36. The summed E-state index contributed by atoms with van der Waals surface area (Å²) in [5.41, 5.74) is 0. The number of carbonyl (C=O) groups is 3. The standard InChI is InChI=1S/C75H126O6/c1-4-7-10-13-16-19-22-24-26-28-29-30-31-32-33-34-35-36-37-38-39-40-41-42-43-44-45-47-48-50-53-56-59-62-65-68-74(77)80-71-72(70-79-73(76)67-64-61-58-55-52-21-18-15-12-9-6-3)81-75(78)69-66-63-60-57-54-51-49-46-27-25-23-20-17-14-11-8-5-2/h7,10,15-16,18-19,24,26,29-30,32-33,35-36,38-39,41-42,44-45,72H,4-6,8-9,11-14,17,20-23,25,27-28,31,34,37,40,43,46-71H2,1-3H3/b10-7-,18-15-,19-16-,26-24-,30-29-,33-32-,36-35-,39-38-,42-41-,45-44-. The lowest BCUT2D eigenvalue weighted by molar-refractivity contribution is -0.167. The number of rotatable bonds is 61. The molecule has 0 amide bonds. The molecule has 0 saturated heterocycles. The predicted molar refractivity (Wildman–Crippen MR) is 353 cm³/mol. The quantitative estimate of drug-likeness (QED) is 0.0261. The van der Waals surface area contributed by atoms with E-state index in [1.807, 2.05) is 0 Å². The summed E-state index contributed by atoms with van der Waals surface area (Å²) < 4.78 is 16.9. The van der Waals surface area contributed by atoms with E-state index < -0.39 is 6.10 Å². The molecule has 0 bridgehead atoms. The number of esters is 3. The van der Waals surface area contributed by atoms with Gasteiger partial charge in [0.25, 0.3) is 0 Å². The van der Waals surface area contributed by atoms with Crippen LogP contribution >= 0.6 is 0 Å². The van der Waals surface area contributed by atoms with E-state index in [1.54, 1.807) is 0 Å². The van der Waals surface area contributed by atoms with E-state index >= 15 is 0 Å². The summed E-state index contributed by atoms with van der Waals surface area (Å²) in [6.07, 6.45) is 95.1. The van der Waals surface area contributed by atoms with E-state index in [2.05, 4.69) is 142 Å². The first kappa shape index (κ1) is 76.8. The van der Waals surface area contributed by atoms with Crippen LogP contribution in [0.2, 0.25) is 0 Å². The normalized spacial score (nSPS) is 12.9. The van der Waals surface area contributed by atoms with Crippen molar-refractivity contribution in [3.05, 3.63) is 122 Å². The number of carbonyl (C=O) groups excluding carboxylic acids is 3. The molecule has 1 atom stereocenters. The molecule has 0 radical (unpaired) electrons. The van der Waals surface area contributed by atoms with Crippen LogP contribution in [0.15, 0.2) is 122 Å². The second-order valence-corrected chi connectivity index (χ2v) is 22.4. The van der Waals surface area contributed by atoms with Crippen LogP contribution in [-0.2, 0) is 28.6 Å². The summed E-state index contributed by atoms with van der Waals surface area (Å²) in [5.74, 6) is -0.895. The molecule has 0 N–H and O–H groups in total. The monoisotopic (exact) mass is 1120 g/mol. The van der Waals surface area contributed by atoms with Gasteiger partial charge in [-0.1, -0.05) is 309 Å². The number of hydrogen-bond acceptors (Lipinski definition) is 6. The molecule has 462 valence electrons. The molecule has 6 nitrogen and oxygen atoms in total. The third-order valence-electron chi connectivity index (χ3n) is 14.5. The van der Waals surface area contributed by atoms with Crippen LogP contribution in [0.5, 0.6) is 0 Å². The molecule has 0 aliphatic carbocycles. The van der Waals surface area contributed by atoms with E-state index in [-0.39, 0.29) is 31.1 Å². The van der Waals surface area contributed by atoms with Gasteiger partial charge in [0.15, 0.2) is 6.10 Å². The maximum atomic E-state index is 12.9. The number of unbranched alkanes of at least 4 members (excludes halogenated alkanes) is 30. The molecule has 0 aromatic carbocycles. The van der Waals surface area contributed by atoms with Crippen LogP contribution in [0, 0.1) is 0 Å². The van der Waals surface area contributed by atoms with Crippen LogP contribution in [0.1, 0.15) is 316 Å². The summed E-state index contributed by atoms with van der Waals surface area (Å²) in [6.45, 7) is 6.50. The van der Waals surface area contributed by atoms with E-state index in [0.717, 1.165) is 128 Å². The van der Waals surface area contributed by atoms with E-state index in [1.165, 1.54) is 148 Å². The SMILES string of the molecule is CC/C=C\C/C=C\C/C=C\C/C=C\C/C=C\C/C=C\C/C=C\C/C=C\C/C=C\CCCCCCCCCC(=O)OCC(COC(=O)CCCCCCC/C=C\CCCC)OC(=O)CCCCCCCCCCCCCCCCCCC. The lowest BCUT2D eigenvalue weighted by atomic mass is 10.0. The van der Waals surface area contributed by atoms with Crippen molar-refractivity contribution >= 4 is 17.9 Å². The van der Waals surface area contributed by atoms with Crippen LogP contribution < -0.4 is 0 Å². The molecule has 0 spiro atoms. The summed E-state index contributed by atoms with van der Waals surface area (Å²) in [5, 5.41) is 0. The molecule has 0 aromatic heterocycles. The smallest absolute Gasteiger partial charge is 0.306 e. The van der Waals surface area contributed by atoms with Gasteiger partial charge < -0.3 is 14.2 Å². The Labute approximate surface area is 501 Å². The van der Waals surface area contributed by atoms with Crippen molar-refractivity contribution in [3.63, 3.8) is 0 Å². The highest BCUT2D eigenvalue weighted by Gasteiger charge is 2.19. The minimum Gasteiger partial charge on any atom is -0.462 e. The largest absolute Gasteiger partial charge is 0.462 e. The zero-order chi connectivity index (χ0) is 58.5. The Bertz CT molecular complexity index is 1670. The second-order valence-electron chi connectivity index (χ2n) is 22.4. The van der Waals surface area contributed by atoms with Crippen molar-refractivity contribution < 1.29 is 28.6 Å². The first-order chi connectivity index (χ1) is 40.0. The van der Waals surface area contributed by atoms with Crippen molar-refractivity contribution in [2.45, 2.75) is 322 Å². The van der Waals surface area contributed by atoms with Gasteiger partial charge in [-0.15, -0.1) is 0 Å². The zero-order valence-corrected chi connectivity index (χ0v) is 53.0. The topological polar surface area (TPSA) is 78.9 Å². The maximum Gasteiger partial charge on any atom is 0.306 e. The van der Waals surface area contributed by atoms with Gasteiger partial charge >= 0.3 is 17.9 Å². The lowest BCUT2D eigenvalue weighted by Gasteiger charge is -2.18. The predicted octanol–water partition coefficient (Wildman–Crippen LogP) is 23.6. The average molecular weight is 1120 g/mol. The highest BCUT2D eigenvalue weighted by molar-refractivity contribution is 5.71. The number of ether oxygens (including phenoxy) is 3. The second kappa shape index (κ2) is 68.3. The highest BCUT2D eigenvalue weighted by atomic mass is 16.6. The lowest BCUT2D eigenvalue weighted by Crippen LogP contribution is -2.30. The van der Waals surface area contributed by atoms with Crippen LogP contribution in [0.3, 0.4) is 0 Å². The molecule has 0 fully saturated rings. The summed E-state index contributed by atoms with van der Waals surface area (Å²) >= 11 is 0. The molecule has 6 heteroatoms. The van der Waals surface area contributed by atoms with Crippen molar-refractivity contribution in [3.8, 4) is 0 Å². The van der Waals surface area contributed by atoms with Gasteiger partial charge in [-0.25, -0.2) is 0 Å². The molecule has 0 aliphatic heterocycles. The maximum absolute atomic E-state index is 12.9. The van der Waals surface area contributed by atoms with Crippen molar-refractivity contribution in [1.82, 2.24) is 0 Å². The first-order valence-electron chi connectivity index (χ1n) is 34.0. The third kappa shape index (κ3) is 66.5. The van der Waals surface area contributed by atoms with Crippen molar-refractivity contribution in [2.75, 3.05) is 13.2 Å². The van der Waals surface area contributed by atoms with Gasteiger partial charge in [0.2, 0.25) is 0 Å². The van der Waals surface area contributed by atoms with Gasteiger partial charge in [0, 0.05) is 19.3 Å². The fourth-order valence-corrected chi connectivity index (χ4v) is 9.36. The summed E-state index contributed by atoms with van der Waals surface area (Å²) in [4.78, 5) is 38.3. The fraction of sp³-hybridized carbons (Fsp3) is 0.693. The molecular weight excluding hydrogens is 997 g/mol. The Balaban J connectivity index is 4.23. The van der Waals surface area contributed by atoms with Crippen LogP contribution in [0.4, 0.5) is 0 Å². The van der Waals surface area contributed by atoms with E-state index in [4.69, 9.17) is 14.2 Å². The van der Waals surface area contributed by atoms with E-state index in [0.29, 0.717) is 19.3 Å². The van der Waals surface area contributed by atoms with Crippen LogP contribution in [0.25, 0.3) is 0 Å². The molecule has 0 rings (SSSR count). The van der Waals surface area contributed by atoms with E-state index in [9.17, 15) is 14.4 Å². The zero-order valence-electron chi connectivity index (χ0n) is 53.0. The molecule has 0 heterocycles.